The fraction of sp³-hybridized carbons (Fsp3) is 0.0769. The van der Waals surface area contributed by atoms with Gasteiger partial charge in [-0.15, -0.1) is 0 Å². The molecule has 18 heavy (non-hydrogen) atoms. The fourth-order valence-corrected chi connectivity index (χ4v) is 2.73. The third-order valence-electron chi connectivity index (χ3n) is 2.64. The van der Waals surface area contributed by atoms with Crippen molar-refractivity contribution in [2.24, 2.45) is 0 Å². The number of benzene rings is 2. The fourth-order valence-electron chi connectivity index (χ4n) is 1.72. The van der Waals surface area contributed by atoms with E-state index in [1.807, 2.05) is 19.1 Å². The Kier molecular flexibility index (Phi) is 3.98. The molecule has 0 aliphatic rings. The second-order valence-electron chi connectivity index (χ2n) is 3.92. The number of aryl methyl sites for hydroxylation is 1. The van der Waals surface area contributed by atoms with Crippen LogP contribution < -0.4 is 5.73 Å². The summed E-state index contributed by atoms with van der Waals surface area (Å²) in [5.74, 6) is 0. The standard InChI is InChI=1S/C13H9Cl4N/c1-6-2-3-7(18)4-8(6)11-12(16)9(14)5-10(15)13(11)17/h2-5H,18H2,1H3. The Bertz CT molecular complexity index is 597. The van der Waals surface area contributed by atoms with E-state index in [-0.39, 0.29) is 0 Å². The lowest BCUT2D eigenvalue weighted by Crippen LogP contribution is -1.91. The number of hydrogen-bond donors (Lipinski definition) is 1. The molecule has 0 saturated heterocycles. The quantitative estimate of drug-likeness (QED) is 0.517. The molecule has 0 radical (unpaired) electrons. The van der Waals surface area contributed by atoms with Crippen molar-refractivity contribution in [1.29, 1.82) is 0 Å². The Hall–Kier alpha value is -0.600. The number of halogens is 4. The lowest BCUT2D eigenvalue weighted by atomic mass is 9.99. The molecule has 1 nitrogen and oxygen atoms in total. The molecule has 0 amide bonds. The minimum absolute atomic E-state index is 0.364. The van der Waals surface area contributed by atoms with Crippen LogP contribution in [0, 0.1) is 6.92 Å². The molecule has 2 rings (SSSR count). The molecular formula is C13H9Cl4N. The zero-order valence-electron chi connectivity index (χ0n) is 9.40. The molecule has 2 aromatic rings. The minimum atomic E-state index is 0.364. The molecule has 0 aliphatic heterocycles. The van der Waals surface area contributed by atoms with Gasteiger partial charge in [0.1, 0.15) is 0 Å². The monoisotopic (exact) mass is 319 g/mol. The van der Waals surface area contributed by atoms with Crippen molar-refractivity contribution < 1.29 is 0 Å². The van der Waals surface area contributed by atoms with Crippen molar-refractivity contribution in [3.05, 3.63) is 49.9 Å². The molecule has 94 valence electrons. The number of nitrogen functional groups attached to an aromatic ring is 1. The first kappa shape index (κ1) is 13.8. The van der Waals surface area contributed by atoms with E-state index in [9.17, 15) is 0 Å². The first-order valence-corrected chi connectivity index (χ1v) is 6.62. The Balaban J connectivity index is 2.82. The van der Waals surface area contributed by atoms with Gasteiger partial charge in [0.2, 0.25) is 0 Å². The summed E-state index contributed by atoms with van der Waals surface area (Å²) in [6.45, 7) is 1.94. The van der Waals surface area contributed by atoms with Gasteiger partial charge >= 0.3 is 0 Å². The van der Waals surface area contributed by atoms with Crippen molar-refractivity contribution in [2.75, 3.05) is 5.73 Å². The van der Waals surface area contributed by atoms with Crippen LogP contribution in [0.1, 0.15) is 5.56 Å². The maximum absolute atomic E-state index is 6.21. The van der Waals surface area contributed by atoms with Gasteiger partial charge in [0, 0.05) is 11.3 Å². The molecular weight excluding hydrogens is 312 g/mol. The SMILES string of the molecule is Cc1ccc(N)cc1-c1c(Cl)c(Cl)cc(Cl)c1Cl. The van der Waals surface area contributed by atoms with Crippen LogP contribution in [0.5, 0.6) is 0 Å². The van der Waals surface area contributed by atoms with Crippen molar-refractivity contribution >= 4 is 52.1 Å². The minimum Gasteiger partial charge on any atom is -0.399 e. The summed E-state index contributed by atoms with van der Waals surface area (Å²) in [6, 6.07) is 7.03. The molecule has 0 aliphatic carbocycles. The predicted molar refractivity (Wildman–Crippen MR) is 81.1 cm³/mol. The highest BCUT2D eigenvalue weighted by Crippen LogP contribution is 2.44. The van der Waals surface area contributed by atoms with Crippen molar-refractivity contribution in [3.8, 4) is 11.1 Å². The average molecular weight is 321 g/mol. The van der Waals surface area contributed by atoms with Crippen LogP contribution in [0.3, 0.4) is 0 Å². The molecule has 0 bridgehead atoms. The van der Waals surface area contributed by atoms with Gasteiger partial charge in [-0.2, -0.15) is 0 Å². The zero-order chi connectivity index (χ0) is 13.4. The van der Waals surface area contributed by atoms with E-state index in [0.717, 1.165) is 11.1 Å². The summed E-state index contributed by atoms with van der Waals surface area (Å²) >= 11 is 24.5. The third-order valence-corrected chi connectivity index (χ3v) is 4.22. The summed E-state index contributed by atoms with van der Waals surface area (Å²) in [6.07, 6.45) is 0. The van der Waals surface area contributed by atoms with Gasteiger partial charge in [-0.05, 0) is 36.2 Å². The van der Waals surface area contributed by atoms with Crippen LogP contribution in [0.4, 0.5) is 5.69 Å². The van der Waals surface area contributed by atoms with Crippen molar-refractivity contribution in [3.63, 3.8) is 0 Å². The first-order chi connectivity index (χ1) is 8.41. The maximum Gasteiger partial charge on any atom is 0.0686 e. The van der Waals surface area contributed by atoms with E-state index in [2.05, 4.69) is 0 Å². The van der Waals surface area contributed by atoms with Gasteiger partial charge in [-0.3, -0.25) is 0 Å². The van der Waals surface area contributed by atoms with E-state index >= 15 is 0 Å². The number of anilines is 1. The highest BCUT2D eigenvalue weighted by molar-refractivity contribution is 6.50. The second kappa shape index (κ2) is 5.18. The van der Waals surface area contributed by atoms with Gasteiger partial charge in [0.05, 0.1) is 20.1 Å². The van der Waals surface area contributed by atoms with Crippen LogP contribution in [0.25, 0.3) is 11.1 Å². The first-order valence-electron chi connectivity index (χ1n) is 5.11. The largest absolute Gasteiger partial charge is 0.399 e. The molecule has 0 unspecified atom stereocenters. The van der Waals surface area contributed by atoms with E-state index in [1.54, 1.807) is 6.07 Å². The average Bonchev–Trinajstić information content (AvgIpc) is 2.31. The number of hydrogen-bond acceptors (Lipinski definition) is 1. The van der Waals surface area contributed by atoms with Crippen LogP contribution in [0.15, 0.2) is 24.3 Å². The Morgan fingerprint density at radius 3 is 2.00 bits per heavy atom. The lowest BCUT2D eigenvalue weighted by molar-refractivity contribution is 1.46. The molecule has 2 aromatic carbocycles. The molecule has 5 heteroatoms. The molecule has 0 fully saturated rings. The molecule has 0 heterocycles. The summed E-state index contributed by atoms with van der Waals surface area (Å²) in [5, 5.41) is 1.48. The second-order valence-corrected chi connectivity index (χ2v) is 5.49. The Morgan fingerprint density at radius 2 is 1.44 bits per heavy atom. The summed E-state index contributed by atoms with van der Waals surface area (Å²) in [7, 11) is 0. The van der Waals surface area contributed by atoms with Gasteiger partial charge in [-0.25, -0.2) is 0 Å². The van der Waals surface area contributed by atoms with Crippen molar-refractivity contribution in [2.45, 2.75) is 6.92 Å². The van der Waals surface area contributed by atoms with Crippen LogP contribution in [-0.4, -0.2) is 0 Å². The maximum atomic E-state index is 6.21. The molecule has 0 saturated carbocycles. The van der Waals surface area contributed by atoms with E-state index in [1.165, 1.54) is 6.07 Å². The normalized spacial score (nSPS) is 10.7. The smallest absolute Gasteiger partial charge is 0.0686 e. The zero-order valence-corrected chi connectivity index (χ0v) is 12.4. The van der Waals surface area contributed by atoms with Gasteiger partial charge < -0.3 is 5.73 Å². The highest BCUT2D eigenvalue weighted by atomic mass is 35.5. The lowest BCUT2D eigenvalue weighted by Gasteiger charge is -2.13. The highest BCUT2D eigenvalue weighted by Gasteiger charge is 2.17. The van der Waals surface area contributed by atoms with Crippen LogP contribution >= 0.6 is 46.4 Å². The summed E-state index contributed by atoms with van der Waals surface area (Å²) in [5.41, 5.74) is 8.84. The van der Waals surface area contributed by atoms with Crippen molar-refractivity contribution in [1.82, 2.24) is 0 Å². The Labute approximate surface area is 125 Å². The number of nitrogens with two attached hydrogens (primary N) is 1. The van der Waals surface area contributed by atoms with E-state index in [4.69, 9.17) is 52.1 Å². The van der Waals surface area contributed by atoms with E-state index in [0.29, 0.717) is 31.3 Å². The molecule has 0 atom stereocenters. The molecule has 0 aromatic heterocycles. The number of rotatable bonds is 1. The van der Waals surface area contributed by atoms with Crippen LogP contribution in [-0.2, 0) is 0 Å². The third kappa shape index (κ3) is 2.41. The Morgan fingerprint density at radius 1 is 0.889 bits per heavy atom. The summed E-state index contributed by atoms with van der Waals surface area (Å²) in [4.78, 5) is 0. The summed E-state index contributed by atoms with van der Waals surface area (Å²) < 4.78 is 0. The predicted octanol–water partition coefficient (Wildman–Crippen LogP) is 5.86. The molecule has 0 spiro atoms. The van der Waals surface area contributed by atoms with E-state index < -0.39 is 0 Å². The van der Waals surface area contributed by atoms with Gasteiger partial charge in [-0.1, -0.05) is 52.5 Å². The van der Waals surface area contributed by atoms with Gasteiger partial charge in [0.25, 0.3) is 0 Å². The molecule has 2 N–H and O–H groups in total. The topological polar surface area (TPSA) is 26.0 Å². The van der Waals surface area contributed by atoms with Gasteiger partial charge in [0.15, 0.2) is 0 Å². The van der Waals surface area contributed by atoms with Crippen LogP contribution in [0.2, 0.25) is 20.1 Å².